The average molecular weight is 368 g/mol. The number of methoxy groups -OCH3 is 1. The van der Waals surface area contributed by atoms with Crippen molar-refractivity contribution >= 4 is 17.1 Å². The third-order valence-corrected chi connectivity index (χ3v) is 6.53. The first-order chi connectivity index (χ1) is 12.7. The predicted octanol–water partition coefficient (Wildman–Crippen LogP) is 4.91. The largest absolute Gasteiger partial charge is 0.496 e. The Labute approximate surface area is 162 Å². The lowest BCUT2D eigenvalue weighted by Gasteiger charge is -2.36. The summed E-state index contributed by atoms with van der Waals surface area (Å²) in [6.45, 7) is 2.39. The fourth-order valence-electron chi connectivity index (χ4n) is 4.36. The lowest BCUT2D eigenvalue weighted by atomic mass is 9.86. The Hall–Kier alpha value is -1.45. The summed E-state index contributed by atoms with van der Waals surface area (Å²) in [5, 5.41) is 0. The van der Waals surface area contributed by atoms with Crippen LogP contribution in [0.3, 0.4) is 0 Å². The Kier molecular flexibility index (Phi) is 5.56. The van der Waals surface area contributed by atoms with Crippen molar-refractivity contribution in [3.8, 4) is 5.75 Å². The van der Waals surface area contributed by atoms with E-state index in [9.17, 15) is 0 Å². The van der Waals surface area contributed by atoms with Gasteiger partial charge in [-0.25, -0.2) is 0 Å². The summed E-state index contributed by atoms with van der Waals surface area (Å²) in [4.78, 5) is 3.89. The fourth-order valence-corrected chi connectivity index (χ4v) is 4.63. The van der Waals surface area contributed by atoms with Crippen LogP contribution in [0.15, 0.2) is 42.0 Å². The second-order valence-electron chi connectivity index (χ2n) is 7.93. The summed E-state index contributed by atoms with van der Waals surface area (Å²) in [5.74, 6) is 1.99. The molecule has 3 aliphatic carbocycles. The highest BCUT2D eigenvalue weighted by atomic mass is 32.1. The van der Waals surface area contributed by atoms with Crippen molar-refractivity contribution in [2.24, 2.45) is 5.92 Å². The summed E-state index contributed by atoms with van der Waals surface area (Å²) >= 11 is 5.57. The highest BCUT2D eigenvalue weighted by Gasteiger charge is 2.31. The van der Waals surface area contributed by atoms with Crippen molar-refractivity contribution < 1.29 is 4.74 Å². The molecule has 26 heavy (non-hydrogen) atoms. The monoisotopic (exact) mass is 367 g/mol. The Morgan fingerprint density at radius 1 is 1.23 bits per heavy atom. The molecule has 1 saturated carbocycles. The second-order valence-corrected chi connectivity index (χ2v) is 8.42. The number of thiocarbonyl (C=S) groups is 1. The molecule has 3 aliphatic rings. The summed E-state index contributed by atoms with van der Waals surface area (Å²) in [5.41, 5.74) is 4.28. The quantitative estimate of drug-likeness (QED) is 0.635. The van der Waals surface area contributed by atoms with Gasteiger partial charge < -0.3 is 4.74 Å². The zero-order valence-electron chi connectivity index (χ0n) is 15.7. The van der Waals surface area contributed by atoms with Gasteiger partial charge in [0.25, 0.3) is 0 Å². The molecule has 1 fully saturated rings. The lowest BCUT2D eigenvalue weighted by Crippen LogP contribution is -2.41. The number of ether oxygens (including phenoxy) is 1. The van der Waals surface area contributed by atoms with Crippen LogP contribution in [0.4, 0.5) is 0 Å². The van der Waals surface area contributed by atoms with Crippen molar-refractivity contribution in [1.29, 1.82) is 0 Å². The molecule has 1 atom stereocenters. The zero-order chi connectivity index (χ0) is 17.9. The molecule has 1 aromatic rings. The summed E-state index contributed by atoms with van der Waals surface area (Å²) in [6.07, 6.45) is 15.0. The second kappa shape index (κ2) is 8.06. The molecular formula is C23H29NOS. The van der Waals surface area contributed by atoms with E-state index in [1.807, 2.05) is 0 Å². The highest BCUT2D eigenvalue weighted by molar-refractivity contribution is 7.80. The molecule has 0 amide bonds. The van der Waals surface area contributed by atoms with Gasteiger partial charge in [-0.05, 0) is 67.2 Å². The van der Waals surface area contributed by atoms with Crippen molar-refractivity contribution in [3.05, 3.63) is 53.1 Å². The van der Waals surface area contributed by atoms with E-state index in [1.54, 1.807) is 7.11 Å². The molecule has 0 aliphatic heterocycles. The van der Waals surface area contributed by atoms with Crippen LogP contribution < -0.4 is 4.74 Å². The number of benzene rings is 1. The van der Waals surface area contributed by atoms with E-state index in [0.29, 0.717) is 6.04 Å². The molecule has 0 bridgehead atoms. The Bertz CT molecular complexity index is 717. The summed E-state index contributed by atoms with van der Waals surface area (Å²) in [6, 6.07) is 7.15. The van der Waals surface area contributed by atoms with Gasteiger partial charge in [-0.1, -0.05) is 42.6 Å². The first-order valence-electron chi connectivity index (χ1n) is 10.0. The van der Waals surface area contributed by atoms with Crippen LogP contribution in [-0.2, 0) is 12.8 Å². The Balaban J connectivity index is 1.47. The molecule has 2 nitrogen and oxygen atoms in total. The predicted molar refractivity (Wildman–Crippen MR) is 112 cm³/mol. The number of aryl methyl sites for hydroxylation is 1. The first-order valence-corrected chi connectivity index (χ1v) is 10.4. The van der Waals surface area contributed by atoms with Gasteiger partial charge >= 0.3 is 0 Å². The maximum absolute atomic E-state index is 5.65. The number of nitrogens with zero attached hydrogens (tertiary/aromatic N) is 1. The van der Waals surface area contributed by atoms with Crippen LogP contribution in [0.5, 0.6) is 5.75 Å². The van der Waals surface area contributed by atoms with E-state index < -0.39 is 0 Å². The number of fused-ring (bicyclic) bond motifs is 1. The molecule has 0 radical (unpaired) electrons. The highest BCUT2D eigenvalue weighted by Crippen LogP contribution is 2.35. The number of hydrogen-bond donors (Lipinski definition) is 0. The zero-order valence-corrected chi connectivity index (χ0v) is 16.6. The Morgan fingerprint density at radius 2 is 2.12 bits per heavy atom. The molecule has 4 rings (SSSR count). The number of rotatable bonds is 7. The molecule has 138 valence electrons. The van der Waals surface area contributed by atoms with Crippen LogP contribution in [0.25, 0.3) is 0 Å². The minimum Gasteiger partial charge on any atom is -0.496 e. The van der Waals surface area contributed by atoms with E-state index in [0.717, 1.165) is 42.3 Å². The molecule has 1 unspecified atom stereocenters. The normalized spacial score (nSPS) is 22.3. The van der Waals surface area contributed by atoms with E-state index in [1.165, 1.54) is 48.9 Å². The molecule has 0 saturated heterocycles. The molecule has 3 heteroatoms. The maximum Gasteiger partial charge on any atom is 0.122 e. The lowest BCUT2D eigenvalue weighted by molar-refractivity contribution is 0.173. The molecule has 0 heterocycles. The smallest absolute Gasteiger partial charge is 0.122 e. The van der Waals surface area contributed by atoms with Gasteiger partial charge in [-0.15, -0.1) is 0 Å². The van der Waals surface area contributed by atoms with Crippen LogP contribution in [-0.4, -0.2) is 36.0 Å². The Morgan fingerprint density at radius 3 is 2.88 bits per heavy atom. The SMILES string of the molecule is COc1cccc2c1CC(N(CCC1=CC=CCC1=S)CC1CC1)CC2. The van der Waals surface area contributed by atoms with Gasteiger partial charge in [-0.3, -0.25) is 4.90 Å². The van der Waals surface area contributed by atoms with Crippen LogP contribution in [0.2, 0.25) is 0 Å². The van der Waals surface area contributed by atoms with E-state index in [2.05, 4.69) is 41.3 Å². The van der Waals surface area contributed by atoms with Crippen molar-refractivity contribution in [2.75, 3.05) is 20.2 Å². The molecule has 1 aromatic carbocycles. The number of hydrogen-bond acceptors (Lipinski definition) is 3. The van der Waals surface area contributed by atoms with Crippen molar-refractivity contribution in [1.82, 2.24) is 4.90 Å². The fraction of sp³-hybridized carbons (Fsp3) is 0.522. The van der Waals surface area contributed by atoms with Gasteiger partial charge in [-0.2, -0.15) is 0 Å². The van der Waals surface area contributed by atoms with Crippen LogP contribution >= 0.6 is 12.2 Å². The van der Waals surface area contributed by atoms with Gasteiger partial charge in [0.05, 0.1) is 7.11 Å². The van der Waals surface area contributed by atoms with Crippen LogP contribution in [0, 0.1) is 5.92 Å². The van der Waals surface area contributed by atoms with E-state index >= 15 is 0 Å². The topological polar surface area (TPSA) is 12.5 Å². The first kappa shape index (κ1) is 17.9. The van der Waals surface area contributed by atoms with E-state index in [4.69, 9.17) is 17.0 Å². The minimum atomic E-state index is 0.632. The van der Waals surface area contributed by atoms with E-state index in [-0.39, 0.29) is 0 Å². The third-order valence-electron chi connectivity index (χ3n) is 6.11. The standard InChI is InChI=1S/C23H29NOS/c1-25-22-7-4-6-18-11-12-20(15-21(18)22)24(16-17-9-10-17)14-13-19-5-2-3-8-23(19)26/h2-7,17,20H,8-16H2,1H3. The maximum atomic E-state index is 5.65. The minimum absolute atomic E-state index is 0.632. The van der Waals surface area contributed by atoms with Gasteiger partial charge in [0.15, 0.2) is 0 Å². The third kappa shape index (κ3) is 4.10. The average Bonchev–Trinajstić information content (AvgIpc) is 3.49. The summed E-state index contributed by atoms with van der Waals surface area (Å²) in [7, 11) is 1.80. The molecule has 0 N–H and O–H groups in total. The van der Waals surface area contributed by atoms with Gasteiger partial charge in [0.2, 0.25) is 0 Å². The van der Waals surface area contributed by atoms with Crippen molar-refractivity contribution in [2.45, 2.75) is 51.0 Å². The van der Waals surface area contributed by atoms with Crippen LogP contribution in [0.1, 0.15) is 43.2 Å². The van der Waals surface area contributed by atoms with Crippen molar-refractivity contribution in [3.63, 3.8) is 0 Å². The van der Waals surface area contributed by atoms with Gasteiger partial charge in [0.1, 0.15) is 5.75 Å². The molecule has 0 aromatic heterocycles. The molecule has 0 spiro atoms. The van der Waals surface area contributed by atoms with Gasteiger partial charge in [0, 0.05) is 30.4 Å². The summed E-state index contributed by atoms with van der Waals surface area (Å²) < 4.78 is 5.65. The molecular weight excluding hydrogens is 338 g/mol. The number of allylic oxidation sites excluding steroid dienone is 3.